The molecule has 0 bridgehead atoms. The second-order valence-corrected chi connectivity index (χ2v) is 5.51. The van der Waals surface area contributed by atoms with Crippen LogP contribution < -0.4 is 5.32 Å². The van der Waals surface area contributed by atoms with Crippen molar-refractivity contribution in [1.29, 1.82) is 0 Å². The lowest BCUT2D eigenvalue weighted by Crippen LogP contribution is -2.19. The van der Waals surface area contributed by atoms with Gasteiger partial charge in [-0.25, -0.2) is 9.97 Å². The molecule has 0 aromatic carbocycles. The van der Waals surface area contributed by atoms with Crippen molar-refractivity contribution in [3.8, 4) is 0 Å². The summed E-state index contributed by atoms with van der Waals surface area (Å²) in [4.78, 5) is 8.74. The van der Waals surface area contributed by atoms with E-state index in [-0.39, 0.29) is 0 Å². The monoisotopic (exact) mass is 287 g/mol. The van der Waals surface area contributed by atoms with Crippen molar-refractivity contribution in [3.63, 3.8) is 0 Å². The van der Waals surface area contributed by atoms with Crippen molar-refractivity contribution in [3.05, 3.63) is 16.5 Å². The van der Waals surface area contributed by atoms with E-state index in [0.717, 1.165) is 22.7 Å². The van der Waals surface area contributed by atoms with Crippen molar-refractivity contribution >= 4 is 33.5 Å². The van der Waals surface area contributed by atoms with E-state index in [4.69, 9.17) is 0 Å². The summed E-state index contributed by atoms with van der Waals surface area (Å²) in [6.45, 7) is 2.07. The molecule has 5 heteroatoms. The fourth-order valence-electron chi connectivity index (χ4n) is 1.55. The zero-order valence-electron chi connectivity index (χ0n) is 8.66. The van der Waals surface area contributed by atoms with Crippen LogP contribution in [0.3, 0.4) is 0 Å². The predicted octanol–water partition coefficient (Wildman–Crippen LogP) is 2.72. The van der Waals surface area contributed by atoms with E-state index in [1.54, 1.807) is 0 Å². The largest absolute Gasteiger partial charge is 0.366 e. The van der Waals surface area contributed by atoms with Crippen molar-refractivity contribution in [2.45, 2.75) is 25.8 Å². The molecule has 1 N–H and O–H groups in total. The zero-order chi connectivity index (χ0) is 10.7. The molecule has 0 spiro atoms. The Labute approximate surface area is 103 Å². The summed E-state index contributed by atoms with van der Waals surface area (Å²) in [5.41, 5.74) is 0. The average Bonchev–Trinajstić information content (AvgIpc) is 2.69. The Hall–Kier alpha value is -0.290. The van der Waals surface area contributed by atoms with Gasteiger partial charge >= 0.3 is 0 Å². The van der Waals surface area contributed by atoms with Gasteiger partial charge in [0.05, 0.1) is 0 Å². The highest BCUT2D eigenvalue weighted by Gasteiger charge is 2.15. The zero-order valence-corrected chi connectivity index (χ0v) is 11.1. The van der Waals surface area contributed by atoms with Crippen molar-refractivity contribution in [1.82, 2.24) is 9.97 Å². The number of aryl methyl sites for hydroxylation is 1. The summed E-state index contributed by atoms with van der Waals surface area (Å²) >= 11 is 5.40. The van der Waals surface area contributed by atoms with Gasteiger partial charge in [0.15, 0.2) is 0 Å². The maximum atomic E-state index is 4.45. The first-order chi connectivity index (χ1) is 7.28. The molecule has 3 nitrogen and oxygen atoms in total. The number of thioether (sulfide) groups is 1. The van der Waals surface area contributed by atoms with Crippen LogP contribution in [0.4, 0.5) is 5.82 Å². The molecule has 0 aliphatic carbocycles. The third kappa shape index (κ3) is 3.08. The molecule has 0 saturated carbocycles. The Morgan fingerprint density at radius 1 is 1.60 bits per heavy atom. The fourth-order valence-corrected chi connectivity index (χ4v) is 3.13. The van der Waals surface area contributed by atoms with Crippen LogP contribution in [0.5, 0.6) is 0 Å². The van der Waals surface area contributed by atoms with E-state index in [0.29, 0.717) is 6.04 Å². The Balaban J connectivity index is 2.09. The normalized spacial score (nSPS) is 20.5. The van der Waals surface area contributed by atoms with E-state index >= 15 is 0 Å². The highest BCUT2D eigenvalue weighted by molar-refractivity contribution is 9.10. The smallest absolute Gasteiger partial charge is 0.131 e. The minimum absolute atomic E-state index is 0.571. The second kappa shape index (κ2) is 5.16. The Bertz CT molecular complexity index is 339. The summed E-state index contributed by atoms with van der Waals surface area (Å²) in [6.07, 6.45) is 2.10. The first-order valence-corrected chi connectivity index (χ1v) is 7.10. The molecule has 1 atom stereocenters. The van der Waals surface area contributed by atoms with E-state index in [1.165, 1.54) is 17.9 Å². The van der Waals surface area contributed by atoms with Crippen LogP contribution in [0.2, 0.25) is 0 Å². The van der Waals surface area contributed by atoms with Gasteiger partial charge in [-0.1, -0.05) is 6.92 Å². The van der Waals surface area contributed by atoms with Gasteiger partial charge in [0, 0.05) is 24.3 Å². The summed E-state index contributed by atoms with van der Waals surface area (Å²) in [5, 5.41) is 3.45. The molecule has 1 unspecified atom stereocenters. The Morgan fingerprint density at radius 3 is 3.13 bits per heavy atom. The molecule has 1 saturated heterocycles. The van der Waals surface area contributed by atoms with Gasteiger partial charge in [0.2, 0.25) is 0 Å². The number of anilines is 1. The molecule has 82 valence electrons. The van der Waals surface area contributed by atoms with Crippen molar-refractivity contribution in [2.75, 3.05) is 16.8 Å². The van der Waals surface area contributed by atoms with Gasteiger partial charge in [-0.05, 0) is 28.1 Å². The third-order valence-corrected chi connectivity index (χ3v) is 3.91. The molecule has 1 aromatic heterocycles. The van der Waals surface area contributed by atoms with Gasteiger partial charge in [-0.2, -0.15) is 11.8 Å². The summed E-state index contributed by atoms with van der Waals surface area (Å²) in [7, 11) is 0. The van der Waals surface area contributed by atoms with E-state index in [9.17, 15) is 0 Å². The van der Waals surface area contributed by atoms with Crippen LogP contribution in [-0.2, 0) is 6.42 Å². The molecule has 2 heterocycles. The molecular weight excluding hydrogens is 274 g/mol. The van der Waals surface area contributed by atoms with Crippen molar-refractivity contribution < 1.29 is 0 Å². The van der Waals surface area contributed by atoms with E-state index in [2.05, 4.69) is 38.1 Å². The SMILES string of the molecule is CCc1nc(Br)cc(NC2CCSC2)n1. The number of hydrogen-bond acceptors (Lipinski definition) is 4. The molecule has 2 rings (SSSR count). The number of nitrogens with zero attached hydrogens (tertiary/aromatic N) is 2. The standard InChI is InChI=1S/C10H14BrN3S/c1-2-9-13-8(11)5-10(14-9)12-7-3-4-15-6-7/h5,7H,2-4,6H2,1H3,(H,12,13,14). The third-order valence-electron chi connectivity index (χ3n) is 2.34. The lowest BCUT2D eigenvalue weighted by molar-refractivity contribution is 0.799. The molecule has 1 aliphatic rings. The number of nitrogens with one attached hydrogen (secondary N) is 1. The van der Waals surface area contributed by atoms with Crippen molar-refractivity contribution in [2.24, 2.45) is 0 Å². The first kappa shape index (κ1) is 11.2. The van der Waals surface area contributed by atoms with Gasteiger partial charge < -0.3 is 5.32 Å². The van der Waals surface area contributed by atoms with Crippen LogP contribution in [0, 0.1) is 0 Å². The van der Waals surface area contributed by atoms with Crippen LogP contribution in [0.15, 0.2) is 10.7 Å². The Kier molecular flexibility index (Phi) is 3.86. The fraction of sp³-hybridized carbons (Fsp3) is 0.600. The lowest BCUT2D eigenvalue weighted by Gasteiger charge is -2.12. The molecular formula is C10H14BrN3S. The second-order valence-electron chi connectivity index (χ2n) is 3.55. The maximum absolute atomic E-state index is 4.45. The van der Waals surface area contributed by atoms with E-state index in [1.807, 2.05) is 17.8 Å². The molecule has 1 fully saturated rings. The number of rotatable bonds is 3. The molecule has 0 amide bonds. The van der Waals surface area contributed by atoms with Gasteiger partial charge in [-0.3, -0.25) is 0 Å². The van der Waals surface area contributed by atoms with Gasteiger partial charge in [0.1, 0.15) is 16.2 Å². The summed E-state index contributed by atoms with van der Waals surface area (Å²) in [5.74, 6) is 4.27. The van der Waals surface area contributed by atoms with Crippen LogP contribution >= 0.6 is 27.7 Å². The highest BCUT2D eigenvalue weighted by atomic mass is 79.9. The Morgan fingerprint density at radius 2 is 2.47 bits per heavy atom. The number of hydrogen-bond donors (Lipinski definition) is 1. The highest BCUT2D eigenvalue weighted by Crippen LogP contribution is 2.21. The average molecular weight is 288 g/mol. The summed E-state index contributed by atoms with van der Waals surface area (Å²) in [6, 6.07) is 2.52. The number of aromatic nitrogens is 2. The van der Waals surface area contributed by atoms with Crippen LogP contribution in [0.25, 0.3) is 0 Å². The first-order valence-electron chi connectivity index (χ1n) is 5.15. The van der Waals surface area contributed by atoms with E-state index < -0.39 is 0 Å². The summed E-state index contributed by atoms with van der Waals surface area (Å²) < 4.78 is 0.863. The molecule has 1 aliphatic heterocycles. The minimum atomic E-state index is 0.571. The van der Waals surface area contributed by atoms with Crippen LogP contribution in [0.1, 0.15) is 19.2 Å². The number of halogens is 1. The van der Waals surface area contributed by atoms with Crippen LogP contribution in [-0.4, -0.2) is 27.5 Å². The molecule has 0 radical (unpaired) electrons. The maximum Gasteiger partial charge on any atom is 0.131 e. The molecule has 15 heavy (non-hydrogen) atoms. The van der Waals surface area contributed by atoms with Gasteiger partial charge in [0.25, 0.3) is 0 Å². The van der Waals surface area contributed by atoms with Gasteiger partial charge in [-0.15, -0.1) is 0 Å². The predicted molar refractivity (Wildman–Crippen MR) is 68.5 cm³/mol. The quantitative estimate of drug-likeness (QED) is 0.868. The molecule has 1 aromatic rings. The minimum Gasteiger partial charge on any atom is -0.366 e. The lowest BCUT2D eigenvalue weighted by atomic mass is 10.2. The topological polar surface area (TPSA) is 37.8 Å².